The maximum atomic E-state index is 14.1. The maximum absolute atomic E-state index is 14.1. The van der Waals surface area contributed by atoms with E-state index in [9.17, 15) is 9.59 Å². The van der Waals surface area contributed by atoms with Crippen LogP contribution in [-0.2, 0) is 4.79 Å². The van der Waals surface area contributed by atoms with Crippen LogP contribution in [0.3, 0.4) is 0 Å². The van der Waals surface area contributed by atoms with Gasteiger partial charge in [0.05, 0.1) is 16.9 Å². The monoisotopic (exact) mass is 538 g/mol. The van der Waals surface area contributed by atoms with Crippen molar-refractivity contribution in [1.82, 2.24) is 0 Å². The van der Waals surface area contributed by atoms with E-state index in [1.54, 1.807) is 24.3 Å². The summed E-state index contributed by atoms with van der Waals surface area (Å²) in [5, 5.41) is 0. The van der Waals surface area contributed by atoms with Gasteiger partial charge in [-0.2, -0.15) is 0 Å². The predicted octanol–water partition coefficient (Wildman–Crippen LogP) is 7.25. The number of para-hydroxylation sites is 2. The number of hydrogen-bond donors (Lipinski definition) is 0. The molecule has 35 heavy (non-hydrogen) atoms. The lowest BCUT2D eigenvalue weighted by molar-refractivity contribution is -0.114. The molecule has 0 unspecified atom stereocenters. The number of carbonyl (C=O) groups excluding carboxylic acids is 2. The van der Waals surface area contributed by atoms with E-state index in [0.717, 1.165) is 15.6 Å². The fourth-order valence-electron chi connectivity index (χ4n) is 4.09. The molecule has 1 aliphatic heterocycles. The van der Waals surface area contributed by atoms with Crippen molar-refractivity contribution in [3.8, 4) is 0 Å². The largest absolute Gasteiger partial charge is 0.341 e. The normalized spacial score (nSPS) is 15.4. The fourth-order valence-corrected chi connectivity index (χ4v) is 4.73. The predicted molar refractivity (Wildman–Crippen MR) is 147 cm³/mol. The number of benzene rings is 4. The van der Waals surface area contributed by atoms with Crippen LogP contribution < -0.4 is 9.80 Å². The van der Waals surface area contributed by atoms with Gasteiger partial charge in [-0.05, 0) is 47.5 Å². The first-order chi connectivity index (χ1) is 17.1. The van der Waals surface area contributed by atoms with Gasteiger partial charge in [0, 0.05) is 10.0 Å². The highest BCUT2D eigenvalue weighted by molar-refractivity contribution is 9.10. The third-order valence-corrected chi connectivity index (χ3v) is 6.61. The highest BCUT2D eigenvalue weighted by Gasteiger charge is 2.43. The fraction of sp³-hybridized carbons (Fsp3) is 0. The van der Waals surface area contributed by atoms with Gasteiger partial charge < -0.3 is 0 Å². The quantitative estimate of drug-likeness (QED) is 0.203. The Labute approximate surface area is 217 Å². The number of imide groups is 1. The Balaban J connectivity index is 1.81. The summed E-state index contributed by atoms with van der Waals surface area (Å²) in [6.07, 6.45) is 0. The summed E-state index contributed by atoms with van der Waals surface area (Å²) >= 11 is 9.37. The van der Waals surface area contributed by atoms with Crippen LogP contribution in [0.5, 0.6) is 0 Å². The molecular weight excluding hydrogens is 520 g/mol. The van der Waals surface area contributed by atoms with Gasteiger partial charge in [-0.1, -0.05) is 107 Å². The van der Waals surface area contributed by atoms with Crippen molar-refractivity contribution >= 4 is 62.0 Å². The summed E-state index contributed by atoms with van der Waals surface area (Å²) in [6.45, 7) is 0. The second-order valence-corrected chi connectivity index (χ2v) is 9.16. The van der Waals surface area contributed by atoms with E-state index in [1.165, 1.54) is 9.80 Å². The summed E-state index contributed by atoms with van der Waals surface area (Å²) in [6, 6.07) is 34.9. The summed E-state index contributed by atoms with van der Waals surface area (Å²) in [7, 11) is 0. The van der Waals surface area contributed by atoms with Gasteiger partial charge in [0.15, 0.2) is 0 Å². The van der Waals surface area contributed by atoms with Crippen LogP contribution in [0.4, 0.5) is 16.2 Å². The molecule has 4 nitrogen and oxygen atoms in total. The van der Waals surface area contributed by atoms with Gasteiger partial charge in [0.1, 0.15) is 4.99 Å². The molecule has 4 aromatic carbocycles. The lowest BCUT2D eigenvalue weighted by atomic mass is 9.91. The van der Waals surface area contributed by atoms with Crippen LogP contribution in [0.1, 0.15) is 11.1 Å². The van der Waals surface area contributed by atoms with Crippen LogP contribution in [0.25, 0.3) is 5.57 Å². The third-order valence-electron chi connectivity index (χ3n) is 5.69. The number of halogens is 1. The molecule has 6 heteroatoms. The van der Waals surface area contributed by atoms with E-state index >= 15 is 0 Å². The molecule has 0 aliphatic carbocycles. The number of amides is 3. The van der Waals surface area contributed by atoms with E-state index < -0.39 is 11.9 Å². The van der Waals surface area contributed by atoms with Crippen molar-refractivity contribution in [3.05, 3.63) is 136 Å². The Hall–Kier alpha value is -3.87. The molecule has 1 heterocycles. The Morgan fingerprint density at radius 2 is 1.06 bits per heavy atom. The molecule has 170 valence electrons. The number of rotatable bonds is 4. The Kier molecular flexibility index (Phi) is 6.40. The average molecular weight is 539 g/mol. The molecule has 1 aliphatic rings. The van der Waals surface area contributed by atoms with Crippen molar-refractivity contribution in [1.29, 1.82) is 0 Å². The first kappa shape index (κ1) is 22.9. The van der Waals surface area contributed by atoms with Crippen LogP contribution in [0.2, 0.25) is 0 Å². The van der Waals surface area contributed by atoms with Gasteiger partial charge in [-0.25, -0.2) is 9.69 Å². The van der Waals surface area contributed by atoms with Gasteiger partial charge in [-0.3, -0.25) is 9.69 Å². The number of nitrogens with zero attached hydrogens (tertiary/aromatic N) is 2. The van der Waals surface area contributed by atoms with E-state index in [-0.39, 0.29) is 4.99 Å². The van der Waals surface area contributed by atoms with Crippen molar-refractivity contribution in [2.45, 2.75) is 0 Å². The summed E-state index contributed by atoms with van der Waals surface area (Å²) in [4.78, 5) is 30.6. The Bertz CT molecular complexity index is 1370. The molecule has 0 atom stereocenters. The lowest BCUT2D eigenvalue weighted by Crippen LogP contribution is -2.56. The molecule has 0 bridgehead atoms. The molecule has 0 spiro atoms. The molecule has 0 N–H and O–H groups in total. The van der Waals surface area contributed by atoms with Crippen LogP contribution in [0.15, 0.2) is 125 Å². The molecule has 3 amide bonds. The number of hydrogen-bond acceptors (Lipinski definition) is 3. The highest BCUT2D eigenvalue weighted by atomic mass is 79.9. The second-order valence-electron chi connectivity index (χ2n) is 7.86. The zero-order chi connectivity index (χ0) is 24.4. The number of anilines is 2. The van der Waals surface area contributed by atoms with Crippen molar-refractivity contribution in [2.75, 3.05) is 9.80 Å². The minimum Gasteiger partial charge on any atom is -0.268 e. The van der Waals surface area contributed by atoms with Crippen molar-refractivity contribution in [2.24, 2.45) is 0 Å². The van der Waals surface area contributed by atoms with Gasteiger partial charge >= 0.3 is 6.03 Å². The number of thiocarbonyl (C=S) groups is 1. The first-order valence-electron chi connectivity index (χ1n) is 10.9. The topological polar surface area (TPSA) is 40.6 Å². The molecule has 1 saturated heterocycles. The number of urea groups is 1. The zero-order valence-corrected chi connectivity index (χ0v) is 20.9. The smallest absolute Gasteiger partial charge is 0.268 e. The van der Waals surface area contributed by atoms with E-state index in [0.29, 0.717) is 22.5 Å². The highest BCUT2D eigenvalue weighted by Crippen LogP contribution is 2.36. The van der Waals surface area contributed by atoms with Gasteiger partial charge in [-0.15, -0.1) is 0 Å². The van der Waals surface area contributed by atoms with Crippen LogP contribution >= 0.6 is 28.1 Å². The average Bonchev–Trinajstić information content (AvgIpc) is 2.89. The maximum Gasteiger partial charge on any atom is 0.341 e. The standard InChI is InChI=1S/C29H19BrN2O2S/c30-22-18-16-21(17-19-22)25(20-10-4-1-5-11-20)26-27(33)31(23-12-6-2-7-13-23)29(34)32(28(26)35)24-14-8-3-9-15-24/h1-19H. The van der Waals surface area contributed by atoms with E-state index in [2.05, 4.69) is 15.9 Å². The minimum absolute atomic E-state index is 0.167. The second kappa shape index (κ2) is 9.78. The summed E-state index contributed by atoms with van der Waals surface area (Å²) in [5.41, 5.74) is 3.68. The molecule has 1 fully saturated rings. The molecular formula is C29H19BrN2O2S. The lowest BCUT2D eigenvalue weighted by Gasteiger charge is -2.37. The molecule has 4 aromatic rings. The Morgan fingerprint density at radius 1 is 0.600 bits per heavy atom. The third kappa shape index (κ3) is 4.34. The van der Waals surface area contributed by atoms with Gasteiger partial charge in [0.2, 0.25) is 0 Å². The summed E-state index contributed by atoms with van der Waals surface area (Å²) in [5.74, 6) is -0.458. The van der Waals surface area contributed by atoms with Gasteiger partial charge in [0.25, 0.3) is 5.91 Å². The van der Waals surface area contributed by atoms with Crippen LogP contribution in [0, 0.1) is 0 Å². The minimum atomic E-state index is -0.510. The molecule has 5 rings (SSSR count). The molecule has 0 aromatic heterocycles. The zero-order valence-electron chi connectivity index (χ0n) is 18.5. The van der Waals surface area contributed by atoms with Crippen molar-refractivity contribution < 1.29 is 9.59 Å². The first-order valence-corrected chi connectivity index (χ1v) is 12.1. The van der Waals surface area contributed by atoms with Crippen molar-refractivity contribution in [3.63, 3.8) is 0 Å². The summed E-state index contributed by atoms with van der Waals surface area (Å²) < 4.78 is 0.920. The van der Waals surface area contributed by atoms with E-state index in [4.69, 9.17) is 12.2 Å². The molecule has 0 saturated carbocycles. The molecule has 0 radical (unpaired) electrons. The van der Waals surface area contributed by atoms with Crippen LogP contribution in [-0.4, -0.2) is 16.9 Å². The van der Waals surface area contributed by atoms with E-state index in [1.807, 2.05) is 91.0 Å². The Morgan fingerprint density at radius 3 is 1.60 bits per heavy atom. The number of carbonyl (C=O) groups is 2. The SMILES string of the molecule is O=C1C(=C(c2ccccc2)c2ccc(Br)cc2)C(=S)N(c2ccccc2)C(=O)N1c1ccccc1.